The number of imidazole rings is 1. The van der Waals surface area contributed by atoms with Crippen LogP contribution in [0.25, 0.3) is 11.0 Å². The van der Waals surface area contributed by atoms with Crippen LogP contribution in [0.5, 0.6) is 11.5 Å². The molecule has 0 spiro atoms. The van der Waals surface area contributed by atoms with E-state index in [2.05, 4.69) is 42.7 Å². The van der Waals surface area contributed by atoms with E-state index in [1.165, 1.54) is 11.1 Å². The van der Waals surface area contributed by atoms with E-state index in [0.29, 0.717) is 13.2 Å². The van der Waals surface area contributed by atoms with Crippen LogP contribution in [0.1, 0.15) is 30.0 Å². The molecule has 1 heterocycles. The molecule has 1 atom stereocenters. The van der Waals surface area contributed by atoms with Gasteiger partial charge in [-0.2, -0.15) is 0 Å². The molecule has 0 bridgehead atoms. The highest BCUT2D eigenvalue weighted by molar-refractivity contribution is 5.76. The molecule has 0 amide bonds. The summed E-state index contributed by atoms with van der Waals surface area (Å²) in [4.78, 5) is 4.85. The Morgan fingerprint density at radius 1 is 0.862 bits per heavy atom. The van der Waals surface area contributed by atoms with Gasteiger partial charge in [0.15, 0.2) is 11.9 Å². The molecule has 1 unspecified atom stereocenters. The number of hydrogen-bond donors (Lipinski definition) is 0. The molecule has 0 saturated carbocycles. The van der Waals surface area contributed by atoms with Crippen molar-refractivity contribution >= 4 is 11.0 Å². The van der Waals surface area contributed by atoms with Gasteiger partial charge in [0.1, 0.15) is 18.1 Å². The number of aryl methyl sites for hydroxylation is 2. The van der Waals surface area contributed by atoms with Crippen molar-refractivity contribution in [2.24, 2.45) is 0 Å². The fraction of sp³-hybridized carbons (Fsp3) is 0.240. The minimum atomic E-state index is -0.175. The van der Waals surface area contributed by atoms with Gasteiger partial charge in [-0.15, -0.1) is 0 Å². The minimum Gasteiger partial charge on any atom is -0.492 e. The summed E-state index contributed by atoms with van der Waals surface area (Å²) in [6, 6.07) is 24.3. The second-order valence-corrected chi connectivity index (χ2v) is 7.36. The van der Waals surface area contributed by atoms with Crippen LogP contribution in [-0.4, -0.2) is 16.2 Å². The number of aromatic nitrogens is 2. The summed E-state index contributed by atoms with van der Waals surface area (Å²) in [6.45, 7) is 7.48. The Bertz CT molecular complexity index is 1080. The van der Waals surface area contributed by atoms with Crippen LogP contribution < -0.4 is 9.47 Å². The number of fused-ring (bicyclic) bond motifs is 1. The molecular weight excluding hydrogens is 360 g/mol. The molecule has 4 rings (SSSR count). The largest absolute Gasteiger partial charge is 0.492 e. The molecule has 4 aromatic rings. The molecule has 0 radical (unpaired) electrons. The normalized spacial score (nSPS) is 12.1. The highest BCUT2D eigenvalue weighted by Gasteiger charge is 2.18. The fourth-order valence-electron chi connectivity index (χ4n) is 3.67. The quantitative estimate of drug-likeness (QED) is 0.398. The maximum Gasteiger partial charge on any atom is 0.153 e. The highest BCUT2D eigenvalue weighted by Crippen LogP contribution is 2.25. The number of rotatable bonds is 7. The van der Waals surface area contributed by atoms with Crippen LogP contribution in [0, 0.1) is 13.8 Å². The van der Waals surface area contributed by atoms with E-state index >= 15 is 0 Å². The zero-order chi connectivity index (χ0) is 20.2. The van der Waals surface area contributed by atoms with Crippen LogP contribution in [-0.2, 0) is 6.54 Å². The maximum absolute atomic E-state index is 6.14. The lowest BCUT2D eigenvalue weighted by molar-refractivity contribution is 0.207. The second-order valence-electron chi connectivity index (χ2n) is 7.36. The van der Waals surface area contributed by atoms with E-state index in [1.807, 2.05) is 55.5 Å². The van der Waals surface area contributed by atoms with E-state index in [9.17, 15) is 0 Å². The number of benzene rings is 3. The van der Waals surface area contributed by atoms with E-state index in [4.69, 9.17) is 14.5 Å². The van der Waals surface area contributed by atoms with Crippen molar-refractivity contribution in [3.05, 3.63) is 89.7 Å². The molecule has 3 aromatic carbocycles. The van der Waals surface area contributed by atoms with E-state index < -0.39 is 0 Å². The van der Waals surface area contributed by atoms with Crippen LogP contribution in [0.3, 0.4) is 0 Å². The van der Waals surface area contributed by atoms with Crippen molar-refractivity contribution in [3.63, 3.8) is 0 Å². The van der Waals surface area contributed by atoms with Crippen molar-refractivity contribution in [1.29, 1.82) is 0 Å². The molecule has 0 aliphatic heterocycles. The van der Waals surface area contributed by atoms with Crippen LogP contribution in [0.15, 0.2) is 72.8 Å². The molecule has 0 N–H and O–H groups in total. The van der Waals surface area contributed by atoms with Crippen LogP contribution in [0.2, 0.25) is 0 Å². The Kier molecular flexibility index (Phi) is 5.52. The van der Waals surface area contributed by atoms with Crippen LogP contribution >= 0.6 is 0 Å². The van der Waals surface area contributed by atoms with Gasteiger partial charge < -0.3 is 14.0 Å². The maximum atomic E-state index is 6.14. The minimum absolute atomic E-state index is 0.175. The second kappa shape index (κ2) is 8.39. The molecule has 0 aliphatic carbocycles. The molecule has 4 heteroatoms. The van der Waals surface area contributed by atoms with Crippen molar-refractivity contribution in [3.8, 4) is 11.5 Å². The topological polar surface area (TPSA) is 36.3 Å². The zero-order valence-electron chi connectivity index (χ0n) is 17.1. The van der Waals surface area contributed by atoms with E-state index in [0.717, 1.165) is 28.4 Å². The van der Waals surface area contributed by atoms with Crippen molar-refractivity contribution in [2.75, 3.05) is 6.61 Å². The Balaban J connectivity index is 1.56. The Hall–Kier alpha value is -3.27. The van der Waals surface area contributed by atoms with Gasteiger partial charge in [0, 0.05) is 0 Å². The summed E-state index contributed by atoms with van der Waals surface area (Å²) < 4.78 is 14.4. The first-order chi connectivity index (χ1) is 14.1. The van der Waals surface area contributed by atoms with Gasteiger partial charge in [0.05, 0.1) is 17.6 Å². The van der Waals surface area contributed by atoms with Gasteiger partial charge in [-0.3, -0.25) is 0 Å². The molecule has 0 aliphatic rings. The average Bonchev–Trinajstić information content (AvgIpc) is 3.07. The molecule has 148 valence electrons. The molecular formula is C25H26N2O2. The van der Waals surface area contributed by atoms with Gasteiger partial charge in [-0.05, 0) is 68.3 Å². The number of ether oxygens (including phenoxy) is 2. The lowest BCUT2D eigenvalue weighted by Gasteiger charge is -2.17. The van der Waals surface area contributed by atoms with Gasteiger partial charge >= 0.3 is 0 Å². The van der Waals surface area contributed by atoms with E-state index in [1.54, 1.807) is 0 Å². The summed E-state index contributed by atoms with van der Waals surface area (Å²) in [7, 11) is 0. The Morgan fingerprint density at radius 2 is 1.55 bits per heavy atom. The first-order valence-corrected chi connectivity index (χ1v) is 9.98. The Labute approximate surface area is 171 Å². The summed E-state index contributed by atoms with van der Waals surface area (Å²) in [5.74, 6) is 2.64. The smallest absolute Gasteiger partial charge is 0.153 e. The summed E-state index contributed by atoms with van der Waals surface area (Å²) >= 11 is 0. The fourth-order valence-corrected chi connectivity index (χ4v) is 3.67. The third kappa shape index (κ3) is 4.43. The molecule has 0 saturated heterocycles. The first-order valence-electron chi connectivity index (χ1n) is 9.98. The number of para-hydroxylation sites is 3. The van der Waals surface area contributed by atoms with Gasteiger partial charge in [0.2, 0.25) is 0 Å². The predicted octanol–water partition coefficient (Wildman–Crippen LogP) is 5.87. The van der Waals surface area contributed by atoms with Gasteiger partial charge in [0.25, 0.3) is 0 Å². The van der Waals surface area contributed by atoms with Gasteiger partial charge in [-0.1, -0.05) is 36.4 Å². The molecule has 29 heavy (non-hydrogen) atoms. The van der Waals surface area contributed by atoms with Gasteiger partial charge in [-0.25, -0.2) is 4.98 Å². The molecule has 1 aromatic heterocycles. The zero-order valence-corrected chi connectivity index (χ0v) is 17.1. The predicted molar refractivity (Wildman–Crippen MR) is 117 cm³/mol. The summed E-state index contributed by atoms with van der Waals surface area (Å²) in [5.41, 5.74) is 4.48. The monoisotopic (exact) mass is 386 g/mol. The lowest BCUT2D eigenvalue weighted by atomic mass is 10.1. The van der Waals surface area contributed by atoms with E-state index in [-0.39, 0.29) is 6.10 Å². The standard InChI is InChI=1S/C25H26N2O2/c1-18-15-19(2)17-22(16-18)28-14-13-27-24-12-8-7-11-23(24)26-25(27)20(3)29-21-9-5-4-6-10-21/h4-12,15-17,20H,13-14H2,1-3H3. The molecule has 4 nitrogen and oxygen atoms in total. The lowest BCUT2D eigenvalue weighted by Crippen LogP contribution is -2.15. The third-order valence-electron chi connectivity index (χ3n) is 4.88. The SMILES string of the molecule is Cc1cc(C)cc(OCCn2c(C(C)Oc3ccccc3)nc3ccccc32)c1. The van der Waals surface area contributed by atoms with Crippen molar-refractivity contribution in [2.45, 2.75) is 33.4 Å². The summed E-state index contributed by atoms with van der Waals surface area (Å²) in [5, 5.41) is 0. The van der Waals surface area contributed by atoms with Crippen LogP contribution in [0.4, 0.5) is 0 Å². The Morgan fingerprint density at radius 3 is 2.31 bits per heavy atom. The first kappa shape index (κ1) is 19.1. The third-order valence-corrected chi connectivity index (χ3v) is 4.88. The highest BCUT2D eigenvalue weighted by atomic mass is 16.5. The average molecular weight is 386 g/mol. The molecule has 0 fully saturated rings. The number of hydrogen-bond acceptors (Lipinski definition) is 3. The van der Waals surface area contributed by atoms with Crippen molar-refractivity contribution in [1.82, 2.24) is 9.55 Å². The number of nitrogens with zero attached hydrogens (tertiary/aromatic N) is 2. The summed E-state index contributed by atoms with van der Waals surface area (Å²) in [6.07, 6.45) is -0.175. The van der Waals surface area contributed by atoms with Crippen molar-refractivity contribution < 1.29 is 9.47 Å².